The fraction of sp³-hybridized carbons (Fsp3) is 0.353. The van der Waals surface area contributed by atoms with Crippen LogP contribution >= 0.6 is 11.3 Å². The number of anilines is 1. The van der Waals surface area contributed by atoms with E-state index in [1.54, 1.807) is 25.1 Å². The summed E-state index contributed by atoms with van der Waals surface area (Å²) >= 11 is 1.24. The highest BCUT2D eigenvalue weighted by Gasteiger charge is 2.14. The van der Waals surface area contributed by atoms with Crippen LogP contribution in [0.5, 0.6) is 11.5 Å². The van der Waals surface area contributed by atoms with Crippen molar-refractivity contribution in [3.63, 3.8) is 0 Å². The van der Waals surface area contributed by atoms with Gasteiger partial charge in [-0.3, -0.25) is 14.9 Å². The molecule has 1 aromatic carbocycles. The number of aryl methyl sites for hydroxylation is 1. The van der Waals surface area contributed by atoms with Gasteiger partial charge in [-0.25, -0.2) is 4.98 Å². The number of aromatic nitrogens is 1. The Balaban J connectivity index is 1.93. The number of methoxy groups -OCH3 is 1. The molecular weight excluding hydrogens is 344 g/mol. The van der Waals surface area contributed by atoms with Crippen LogP contribution < -0.4 is 14.8 Å². The summed E-state index contributed by atoms with van der Waals surface area (Å²) in [6, 6.07) is 7.15. The molecule has 25 heavy (non-hydrogen) atoms. The first-order chi connectivity index (χ1) is 12.0. The van der Waals surface area contributed by atoms with Crippen LogP contribution in [0.2, 0.25) is 0 Å². The summed E-state index contributed by atoms with van der Waals surface area (Å²) in [5.74, 6) is 0.398. The molecule has 0 saturated heterocycles. The number of esters is 1. The van der Waals surface area contributed by atoms with Crippen LogP contribution in [0.15, 0.2) is 24.3 Å². The lowest BCUT2D eigenvalue weighted by atomic mass is 10.3. The number of hydrogen-bond donors (Lipinski definition) is 1. The second-order valence-electron chi connectivity index (χ2n) is 5.00. The highest BCUT2D eigenvalue weighted by Crippen LogP contribution is 2.26. The van der Waals surface area contributed by atoms with Gasteiger partial charge in [0.15, 0.2) is 23.2 Å². The van der Waals surface area contributed by atoms with Crippen LogP contribution in [0.25, 0.3) is 0 Å². The van der Waals surface area contributed by atoms with Gasteiger partial charge in [0.1, 0.15) is 0 Å². The third-order valence-corrected chi connectivity index (χ3v) is 4.25. The Kier molecular flexibility index (Phi) is 6.76. The Morgan fingerprint density at radius 2 is 1.88 bits per heavy atom. The van der Waals surface area contributed by atoms with Crippen molar-refractivity contribution in [3.8, 4) is 11.5 Å². The fourth-order valence-electron chi connectivity index (χ4n) is 1.99. The third kappa shape index (κ3) is 5.46. The van der Waals surface area contributed by atoms with E-state index in [4.69, 9.17) is 9.47 Å². The van der Waals surface area contributed by atoms with Gasteiger partial charge >= 0.3 is 5.97 Å². The average molecular weight is 364 g/mol. The predicted octanol–water partition coefficient (Wildman–Crippen LogP) is 2.58. The molecule has 134 valence electrons. The molecule has 1 N–H and O–H groups in total. The van der Waals surface area contributed by atoms with Crippen molar-refractivity contribution in [1.29, 1.82) is 0 Å². The maximum absolute atomic E-state index is 12.1. The van der Waals surface area contributed by atoms with Crippen LogP contribution in [-0.4, -0.2) is 37.2 Å². The lowest BCUT2D eigenvalue weighted by molar-refractivity contribution is -0.139. The van der Waals surface area contributed by atoms with Gasteiger partial charge in [-0.05, 0) is 26.0 Å². The molecule has 2 rings (SSSR count). The van der Waals surface area contributed by atoms with Gasteiger partial charge in [-0.2, -0.15) is 0 Å². The molecule has 0 spiro atoms. The molecular formula is C17H20N2O5S. The van der Waals surface area contributed by atoms with Crippen molar-refractivity contribution in [2.45, 2.75) is 20.3 Å². The molecule has 0 aliphatic heterocycles. The van der Waals surface area contributed by atoms with Crippen LogP contribution in [0.4, 0.5) is 5.13 Å². The number of thiazole rings is 1. The van der Waals surface area contributed by atoms with E-state index in [-0.39, 0.29) is 24.9 Å². The molecule has 0 saturated carbocycles. The van der Waals surface area contributed by atoms with Crippen LogP contribution in [0.1, 0.15) is 17.5 Å². The Morgan fingerprint density at radius 1 is 1.20 bits per heavy atom. The standard InChI is InChI=1S/C17H20N2O5S/c1-4-23-12-7-5-6-8-13(12)24-10-15(20)19-17-18-11(2)14(25-17)9-16(21)22-3/h5-8H,4,9-10H2,1-3H3,(H,18,19,20). The second-order valence-corrected chi connectivity index (χ2v) is 6.08. The quantitative estimate of drug-likeness (QED) is 0.725. The van der Waals surface area contributed by atoms with Gasteiger partial charge in [0.05, 0.1) is 25.8 Å². The van der Waals surface area contributed by atoms with Crippen LogP contribution in [-0.2, 0) is 20.7 Å². The van der Waals surface area contributed by atoms with Crippen molar-refractivity contribution in [1.82, 2.24) is 4.98 Å². The lowest BCUT2D eigenvalue weighted by Gasteiger charge is -2.10. The van der Waals surface area contributed by atoms with Crippen molar-refractivity contribution in [2.24, 2.45) is 0 Å². The highest BCUT2D eigenvalue weighted by atomic mass is 32.1. The van der Waals surface area contributed by atoms with E-state index in [2.05, 4.69) is 15.0 Å². The molecule has 0 aliphatic carbocycles. The molecule has 0 fully saturated rings. The summed E-state index contributed by atoms with van der Waals surface area (Å²) in [4.78, 5) is 28.4. The largest absolute Gasteiger partial charge is 0.490 e. The number of rotatable bonds is 8. The molecule has 1 amide bonds. The van der Waals surface area contributed by atoms with E-state index < -0.39 is 0 Å². The summed E-state index contributed by atoms with van der Waals surface area (Å²) < 4.78 is 15.6. The van der Waals surface area contributed by atoms with Crippen molar-refractivity contribution in [2.75, 3.05) is 25.6 Å². The van der Waals surface area contributed by atoms with Crippen LogP contribution in [0, 0.1) is 6.92 Å². The molecule has 1 heterocycles. The van der Waals surface area contributed by atoms with Crippen molar-refractivity contribution in [3.05, 3.63) is 34.8 Å². The Labute approximate surface area is 149 Å². The summed E-state index contributed by atoms with van der Waals surface area (Å²) in [6.07, 6.45) is 0.133. The summed E-state index contributed by atoms with van der Waals surface area (Å²) in [6.45, 7) is 3.99. The normalized spacial score (nSPS) is 10.2. The number of nitrogens with one attached hydrogen (secondary N) is 1. The monoisotopic (exact) mass is 364 g/mol. The Bertz CT molecular complexity index is 744. The zero-order valence-corrected chi connectivity index (χ0v) is 15.1. The highest BCUT2D eigenvalue weighted by molar-refractivity contribution is 7.16. The van der Waals surface area contributed by atoms with Gasteiger partial charge in [-0.15, -0.1) is 11.3 Å². The molecule has 0 atom stereocenters. The summed E-state index contributed by atoms with van der Waals surface area (Å²) in [5, 5.41) is 3.09. The number of ether oxygens (including phenoxy) is 3. The topological polar surface area (TPSA) is 86.8 Å². The van der Waals surface area contributed by atoms with Gasteiger partial charge in [0.25, 0.3) is 5.91 Å². The van der Waals surface area contributed by atoms with Gasteiger partial charge in [0.2, 0.25) is 0 Å². The first-order valence-electron chi connectivity index (χ1n) is 7.71. The molecule has 2 aromatic rings. The third-order valence-electron chi connectivity index (χ3n) is 3.18. The maximum Gasteiger partial charge on any atom is 0.310 e. The molecule has 1 aromatic heterocycles. The van der Waals surface area contributed by atoms with E-state index in [0.29, 0.717) is 28.9 Å². The van der Waals surface area contributed by atoms with Gasteiger partial charge < -0.3 is 14.2 Å². The number of benzene rings is 1. The number of carbonyl (C=O) groups excluding carboxylic acids is 2. The van der Waals surface area contributed by atoms with Crippen LogP contribution in [0.3, 0.4) is 0 Å². The number of carbonyl (C=O) groups is 2. The minimum atomic E-state index is -0.347. The molecule has 0 radical (unpaired) electrons. The number of hydrogen-bond acceptors (Lipinski definition) is 7. The van der Waals surface area contributed by atoms with E-state index in [1.165, 1.54) is 18.4 Å². The first-order valence-corrected chi connectivity index (χ1v) is 8.52. The van der Waals surface area contributed by atoms with Crippen molar-refractivity contribution < 1.29 is 23.8 Å². The number of nitrogens with zero attached hydrogens (tertiary/aromatic N) is 1. The van der Waals surface area contributed by atoms with Crippen molar-refractivity contribution >= 4 is 28.3 Å². The van der Waals surface area contributed by atoms with E-state index in [1.807, 2.05) is 13.0 Å². The zero-order chi connectivity index (χ0) is 18.2. The fourth-order valence-corrected chi connectivity index (χ4v) is 2.96. The predicted molar refractivity (Wildman–Crippen MR) is 94.3 cm³/mol. The molecule has 0 bridgehead atoms. The molecule has 8 heteroatoms. The summed E-state index contributed by atoms with van der Waals surface area (Å²) in [5.41, 5.74) is 0.688. The zero-order valence-electron chi connectivity index (χ0n) is 14.3. The molecule has 0 unspecified atom stereocenters. The smallest absolute Gasteiger partial charge is 0.310 e. The SMILES string of the molecule is CCOc1ccccc1OCC(=O)Nc1nc(C)c(CC(=O)OC)s1. The molecule has 7 nitrogen and oxygen atoms in total. The van der Waals surface area contributed by atoms with Gasteiger partial charge in [0, 0.05) is 4.88 Å². The lowest BCUT2D eigenvalue weighted by Crippen LogP contribution is -2.20. The average Bonchev–Trinajstić information content (AvgIpc) is 2.93. The summed E-state index contributed by atoms with van der Waals surface area (Å²) in [7, 11) is 1.33. The number of para-hydroxylation sites is 2. The number of amides is 1. The first kappa shape index (κ1) is 18.7. The van der Waals surface area contributed by atoms with Gasteiger partial charge in [-0.1, -0.05) is 12.1 Å². The minimum Gasteiger partial charge on any atom is -0.490 e. The second kappa shape index (κ2) is 9.03. The molecule has 0 aliphatic rings. The van der Waals surface area contributed by atoms with E-state index >= 15 is 0 Å². The Morgan fingerprint density at radius 3 is 2.52 bits per heavy atom. The van der Waals surface area contributed by atoms with E-state index in [9.17, 15) is 9.59 Å². The Hall–Kier alpha value is -2.61. The minimum absolute atomic E-state index is 0.133. The van der Waals surface area contributed by atoms with E-state index in [0.717, 1.165) is 4.88 Å². The maximum atomic E-state index is 12.1.